The van der Waals surface area contributed by atoms with E-state index in [0.717, 1.165) is 17.8 Å². The highest BCUT2D eigenvalue weighted by Crippen LogP contribution is 2.26. The van der Waals surface area contributed by atoms with Gasteiger partial charge >= 0.3 is 0 Å². The molecule has 3 heterocycles. The number of hydrogen-bond donors (Lipinski definition) is 1. The molecule has 1 atom stereocenters. The van der Waals surface area contributed by atoms with Gasteiger partial charge in [0.1, 0.15) is 10.7 Å². The van der Waals surface area contributed by atoms with Gasteiger partial charge in [-0.3, -0.25) is 15.1 Å². The first kappa shape index (κ1) is 17.1. The first-order chi connectivity index (χ1) is 12.2. The largest absolute Gasteiger partial charge is 0.296 e. The van der Waals surface area contributed by atoms with Crippen molar-refractivity contribution in [1.82, 2.24) is 25.1 Å². The number of carbonyl (C=O) groups is 1. The number of carbonyl (C=O) groups excluding carboxylic acids is 1. The van der Waals surface area contributed by atoms with Crippen LogP contribution >= 0.6 is 11.3 Å². The topological polar surface area (TPSA) is 93.6 Å². The second-order valence-electron chi connectivity index (χ2n) is 5.60. The van der Waals surface area contributed by atoms with Crippen molar-refractivity contribution in [3.63, 3.8) is 0 Å². The molecule has 0 aliphatic carbocycles. The average Bonchev–Trinajstić information content (AvgIpc) is 3.11. The van der Waals surface area contributed by atoms with Crippen LogP contribution in [0.2, 0.25) is 0 Å². The number of pyridine rings is 1. The summed E-state index contributed by atoms with van der Waals surface area (Å²) in [5.41, 5.74) is 1.02. The monoisotopic (exact) mass is 354 g/mol. The molecule has 0 aliphatic rings. The van der Waals surface area contributed by atoms with Gasteiger partial charge in [-0.05, 0) is 18.6 Å². The Hall–Kier alpha value is -2.74. The summed E-state index contributed by atoms with van der Waals surface area (Å²) < 4.78 is 0. The Morgan fingerprint density at radius 1 is 1.20 bits per heavy atom. The summed E-state index contributed by atoms with van der Waals surface area (Å²) in [6.07, 6.45) is 6.77. The van der Waals surface area contributed by atoms with E-state index in [-0.39, 0.29) is 5.91 Å². The molecule has 0 saturated heterocycles. The quantitative estimate of drug-likeness (QED) is 0.727. The number of hydrogen-bond acceptors (Lipinski definition) is 7. The summed E-state index contributed by atoms with van der Waals surface area (Å²) >= 11 is 1.40. The van der Waals surface area contributed by atoms with E-state index < -0.39 is 0 Å². The highest BCUT2D eigenvalue weighted by atomic mass is 32.1. The van der Waals surface area contributed by atoms with Crippen LogP contribution in [0.3, 0.4) is 0 Å². The van der Waals surface area contributed by atoms with Crippen LogP contribution in [0.25, 0.3) is 11.5 Å². The van der Waals surface area contributed by atoms with Crippen LogP contribution in [0.15, 0.2) is 36.8 Å². The Morgan fingerprint density at radius 3 is 2.68 bits per heavy atom. The fourth-order valence-electron chi connectivity index (χ4n) is 2.28. The second kappa shape index (κ2) is 7.89. The highest BCUT2D eigenvalue weighted by Gasteiger charge is 2.14. The third-order valence-corrected chi connectivity index (χ3v) is 4.68. The third kappa shape index (κ3) is 4.21. The van der Waals surface area contributed by atoms with Gasteiger partial charge in [0.2, 0.25) is 5.13 Å². The number of rotatable bonds is 6. The Kier molecular flexibility index (Phi) is 5.39. The van der Waals surface area contributed by atoms with Gasteiger partial charge < -0.3 is 0 Å². The zero-order chi connectivity index (χ0) is 17.6. The predicted molar refractivity (Wildman–Crippen MR) is 96.4 cm³/mol. The van der Waals surface area contributed by atoms with Crippen molar-refractivity contribution in [2.45, 2.75) is 32.6 Å². The molecule has 0 fully saturated rings. The Labute approximate surface area is 149 Å². The van der Waals surface area contributed by atoms with Crippen molar-refractivity contribution in [2.75, 3.05) is 5.32 Å². The molecule has 8 heteroatoms. The molecule has 3 aromatic heterocycles. The Bertz CT molecular complexity index is 834. The van der Waals surface area contributed by atoms with Gasteiger partial charge in [0, 0.05) is 24.5 Å². The van der Waals surface area contributed by atoms with Gasteiger partial charge in [-0.15, -0.1) is 10.2 Å². The number of nitrogens with one attached hydrogen (secondary N) is 1. The molecule has 0 aromatic carbocycles. The molecule has 0 bridgehead atoms. The number of aromatic nitrogens is 5. The van der Waals surface area contributed by atoms with Crippen molar-refractivity contribution in [3.05, 3.63) is 47.4 Å². The molecule has 0 saturated carbocycles. The number of nitrogens with zero attached hydrogens (tertiary/aromatic N) is 5. The van der Waals surface area contributed by atoms with Crippen LogP contribution < -0.4 is 5.32 Å². The van der Waals surface area contributed by atoms with E-state index in [0.29, 0.717) is 28.1 Å². The van der Waals surface area contributed by atoms with Gasteiger partial charge in [0.15, 0.2) is 5.82 Å². The first-order valence-electron chi connectivity index (χ1n) is 8.05. The van der Waals surface area contributed by atoms with E-state index in [1.807, 2.05) is 18.2 Å². The van der Waals surface area contributed by atoms with Crippen LogP contribution in [-0.2, 0) is 0 Å². The van der Waals surface area contributed by atoms with Crippen molar-refractivity contribution in [2.24, 2.45) is 0 Å². The van der Waals surface area contributed by atoms with Crippen LogP contribution in [0.4, 0.5) is 5.13 Å². The molecule has 128 valence electrons. The molecule has 7 nitrogen and oxygen atoms in total. The molecular formula is C17H18N6OS. The maximum atomic E-state index is 12.3. The Morgan fingerprint density at radius 2 is 2.00 bits per heavy atom. The molecule has 0 aliphatic heterocycles. The fraction of sp³-hybridized carbons (Fsp3) is 0.294. The minimum absolute atomic E-state index is 0.307. The summed E-state index contributed by atoms with van der Waals surface area (Å²) in [4.78, 5) is 24.9. The molecular weight excluding hydrogens is 336 g/mol. The molecule has 0 spiro atoms. The second-order valence-corrected chi connectivity index (χ2v) is 6.61. The number of anilines is 1. The molecule has 0 unspecified atom stereocenters. The van der Waals surface area contributed by atoms with Gasteiger partial charge in [-0.1, -0.05) is 37.7 Å². The molecule has 3 rings (SSSR count). The lowest BCUT2D eigenvalue weighted by Gasteiger charge is -2.03. The average molecular weight is 354 g/mol. The van der Waals surface area contributed by atoms with Crippen LogP contribution in [0.1, 0.15) is 48.0 Å². The van der Waals surface area contributed by atoms with Crippen LogP contribution in [0, 0.1) is 0 Å². The van der Waals surface area contributed by atoms with E-state index in [1.165, 1.54) is 23.7 Å². The van der Waals surface area contributed by atoms with E-state index in [4.69, 9.17) is 0 Å². The summed E-state index contributed by atoms with van der Waals surface area (Å²) in [6, 6.07) is 5.50. The highest BCUT2D eigenvalue weighted by molar-refractivity contribution is 7.15. The zero-order valence-electron chi connectivity index (χ0n) is 14.0. The van der Waals surface area contributed by atoms with Gasteiger partial charge in [0.05, 0.1) is 5.56 Å². The summed E-state index contributed by atoms with van der Waals surface area (Å²) in [7, 11) is 0. The van der Waals surface area contributed by atoms with E-state index >= 15 is 0 Å². The summed E-state index contributed by atoms with van der Waals surface area (Å²) in [5, 5.41) is 12.3. The van der Waals surface area contributed by atoms with Crippen molar-refractivity contribution in [1.29, 1.82) is 0 Å². The molecule has 1 N–H and O–H groups in total. The van der Waals surface area contributed by atoms with Crippen molar-refractivity contribution in [3.8, 4) is 11.5 Å². The van der Waals surface area contributed by atoms with Crippen LogP contribution in [-0.4, -0.2) is 31.1 Å². The standard InChI is InChI=1S/C17H18N6OS/c1-3-6-11(2)16-22-23-17(25-16)21-15(24)12-9-19-14(20-10-12)13-7-4-5-8-18-13/h4-5,7-11H,3,6H2,1-2H3,(H,21,23,24)/t11-/m0/s1. The summed E-state index contributed by atoms with van der Waals surface area (Å²) in [6.45, 7) is 4.24. The van der Waals surface area contributed by atoms with Crippen molar-refractivity contribution >= 4 is 22.4 Å². The smallest absolute Gasteiger partial charge is 0.260 e. The fourth-order valence-corrected chi connectivity index (χ4v) is 3.11. The lowest BCUT2D eigenvalue weighted by molar-refractivity contribution is 0.102. The lowest BCUT2D eigenvalue weighted by Crippen LogP contribution is -2.12. The lowest BCUT2D eigenvalue weighted by atomic mass is 10.1. The van der Waals surface area contributed by atoms with Gasteiger partial charge in [0.25, 0.3) is 5.91 Å². The van der Waals surface area contributed by atoms with Crippen molar-refractivity contribution < 1.29 is 4.79 Å². The Balaban J connectivity index is 1.67. The third-order valence-electron chi connectivity index (χ3n) is 3.61. The van der Waals surface area contributed by atoms with Crippen LogP contribution in [0.5, 0.6) is 0 Å². The minimum Gasteiger partial charge on any atom is -0.296 e. The molecule has 3 aromatic rings. The summed E-state index contributed by atoms with van der Waals surface area (Å²) in [5.74, 6) is 0.510. The maximum Gasteiger partial charge on any atom is 0.260 e. The molecule has 1 amide bonds. The maximum absolute atomic E-state index is 12.3. The van der Waals surface area contributed by atoms with Gasteiger partial charge in [-0.2, -0.15) is 0 Å². The van der Waals surface area contributed by atoms with E-state index in [9.17, 15) is 4.79 Å². The first-order valence-corrected chi connectivity index (χ1v) is 8.87. The van der Waals surface area contributed by atoms with Gasteiger partial charge in [-0.25, -0.2) is 9.97 Å². The normalized spacial score (nSPS) is 11.9. The zero-order valence-corrected chi connectivity index (χ0v) is 14.8. The van der Waals surface area contributed by atoms with E-state index in [1.54, 1.807) is 6.20 Å². The van der Waals surface area contributed by atoms with E-state index in [2.05, 4.69) is 44.3 Å². The predicted octanol–water partition coefficient (Wildman–Crippen LogP) is 3.55. The SMILES string of the molecule is CCC[C@H](C)c1nnc(NC(=O)c2cnc(-c3ccccn3)nc2)s1. The molecule has 0 radical (unpaired) electrons. The molecule has 25 heavy (non-hydrogen) atoms. The minimum atomic E-state index is -0.307. The number of amides is 1.